The standard InChI is InChI=1S/C26H34F3N5O2.2CH4.H2S/c1-15(2)24-25(35)33-23-16(3)32-22(11-20(23)34(24)4)31-12-17-5-7-18(8-6-17)14-36-19-9-10-21(30-13-19)26(27,28)29;;;/h9-11,13,15,17-18,24H,5-8,12,14H2,1-4H3,(H,31,32)(H,33,35);2*1H4;1H2/t17?,18?,24-;;;/m0.../s1. The van der Waals surface area contributed by atoms with Gasteiger partial charge in [0.15, 0.2) is 0 Å². The SMILES string of the molecule is C.C.Cc1nc(NCC2CCC(COc3ccc(C(F)(F)F)nc3)CC2)cc2c1NC(=O)[C@H](C(C)C)N2C.S. The Balaban J connectivity index is 0.00000253. The molecule has 2 aliphatic rings. The second-order valence-corrected chi connectivity index (χ2v) is 10.2. The minimum Gasteiger partial charge on any atom is -0.492 e. The van der Waals surface area contributed by atoms with Crippen LogP contribution in [0, 0.1) is 24.7 Å². The molecule has 1 aliphatic carbocycles. The number of rotatable bonds is 7. The number of carbonyl (C=O) groups excluding carboxylic acids is 1. The number of nitrogens with zero attached hydrogens (tertiary/aromatic N) is 3. The summed E-state index contributed by atoms with van der Waals surface area (Å²) in [5, 5.41) is 6.51. The van der Waals surface area contributed by atoms with Crippen molar-refractivity contribution in [3.05, 3.63) is 35.8 Å². The van der Waals surface area contributed by atoms with Crippen molar-refractivity contribution in [2.24, 2.45) is 17.8 Å². The van der Waals surface area contributed by atoms with Crippen LogP contribution in [0.1, 0.15) is 65.8 Å². The second-order valence-electron chi connectivity index (χ2n) is 10.2. The molecule has 7 nitrogen and oxygen atoms in total. The Bertz CT molecular complexity index is 1070. The number of carbonyl (C=O) groups is 1. The lowest BCUT2D eigenvalue weighted by Gasteiger charge is -2.38. The van der Waals surface area contributed by atoms with Crippen molar-refractivity contribution >= 4 is 36.6 Å². The number of pyridine rings is 2. The fraction of sp³-hybridized carbons (Fsp3) is 0.607. The van der Waals surface area contributed by atoms with E-state index in [0.29, 0.717) is 24.2 Å². The van der Waals surface area contributed by atoms with Gasteiger partial charge in [0.05, 0.1) is 29.9 Å². The fourth-order valence-electron chi connectivity index (χ4n) is 5.15. The Kier molecular flexibility index (Phi) is 12.4. The van der Waals surface area contributed by atoms with Crippen LogP contribution in [0.15, 0.2) is 24.4 Å². The van der Waals surface area contributed by atoms with Crippen molar-refractivity contribution < 1.29 is 22.7 Å². The molecular weight excluding hydrogens is 527 g/mol. The fourth-order valence-corrected chi connectivity index (χ4v) is 5.15. The Morgan fingerprint density at radius 2 is 1.79 bits per heavy atom. The highest BCUT2D eigenvalue weighted by Gasteiger charge is 2.34. The van der Waals surface area contributed by atoms with E-state index in [0.717, 1.165) is 67.4 Å². The van der Waals surface area contributed by atoms with Crippen molar-refractivity contribution in [1.82, 2.24) is 9.97 Å². The summed E-state index contributed by atoms with van der Waals surface area (Å²) in [7, 11) is 1.95. The molecule has 1 amide bonds. The molecule has 220 valence electrons. The molecular formula is C28H44F3N5O2S. The largest absolute Gasteiger partial charge is 0.492 e. The predicted molar refractivity (Wildman–Crippen MR) is 157 cm³/mol. The normalized spacial score (nSPS) is 20.6. The van der Waals surface area contributed by atoms with Crippen LogP contribution in [-0.2, 0) is 11.0 Å². The Labute approximate surface area is 237 Å². The Morgan fingerprint density at radius 1 is 1.15 bits per heavy atom. The number of halogens is 3. The number of aromatic nitrogens is 2. The summed E-state index contributed by atoms with van der Waals surface area (Å²) in [6.07, 6.45) is 0.784. The Morgan fingerprint density at radius 3 is 2.36 bits per heavy atom. The molecule has 1 aliphatic heterocycles. The summed E-state index contributed by atoms with van der Waals surface area (Å²) in [5.41, 5.74) is 1.62. The van der Waals surface area contributed by atoms with Crippen LogP contribution in [0.25, 0.3) is 0 Å². The number of nitrogens with one attached hydrogen (secondary N) is 2. The number of anilines is 3. The van der Waals surface area contributed by atoms with Gasteiger partial charge in [-0.05, 0) is 62.5 Å². The summed E-state index contributed by atoms with van der Waals surface area (Å²) in [6.45, 7) is 7.28. The molecule has 1 atom stereocenters. The highest BCUT2D eigenvalue weighted by atomic mass is 32.1. The van der Waals surface area contributed by atoms with E-state index in [1.54, 1.807) is 0 Å². The number of aryl methyl sites for hydroxylation is 1. The molecule has 0 radical (unpaired) electrons. The molecule has 0 unspecified atom stereocenters. The molecule has 2 aromatic rings. The van der Waals surface area contributed by atoms with E-state index in [9.17, 15) is 18.0 Å². The molecule has 39 heavy (non-hydrogen) atoms. The summed E-state index contributed by atoms with van der Waals surface area (Å²) in [4.78, 5) is 22.7. The summed E-state index contributed by atoms with van der Waals surface area (Å²) >= 11 is 0. The zero-order valence-corrected chi connectivity index (χ0v) is 22.7. The van der Waals surface area contributed by atoms with Crippen LogP contribution >= 0.6 is 13.5 Å². The van der Waals surface area contributed by atoms with Gasteiger partial charge in [-0.15, -0.1) is 0 Å². The van der Waals surface area contributed by atoms with Gasteiger partial charge >= 0.3 is 6.18 Å². The molecule has 3 heterocycles. The zero-order valence-electron chi connectivity index (χ0n) is 21.7. The molecule has 2 N–H and O–H groups in total. The molecule has 4 rings (SSSR count). The smallest absolute Gasteiger partial charge is 0.433 e. The maximum absolute atomic E-state index is 12.6. The third-order valence-electron chi connectivity index (χ3n) is 7.18. The topological polar surface area (TPSA) is 79.4 Å². The van der Waals surface area contributed by atoms with Gasteiger partial charge in [-0.3, -0.25) is 4.79 Å². The molecule has 0 aromatic carbocycles. The van der Waals surface area contributed by atoms with Crippen LogP contribution in [0.5, 0.6) is 5.75 Å². The number of likely N-dealkylation sites (N-methyl/N-ethyl adjacent to an activating group) is 1. The average molecular weight is 572 g/mol. The van der Waals surface area contributed by atoms with Gasteiger partial charge in [0.2, 0.25) is 5.91 Å². The van der Waals surface area contributed by atoms with Crippen molar-refractivity contribution in [2.75, 3.05) is 35.7 Å². The maximum atomic E-state index is 12.6. The van der Waals surface area contributed by atoms with Crippen molar-refractivity contribution in [2.45, 2.75) is 73.5 Å². The molecule has 2 aromatic heterocycles. The first kappa shape index (κ1) is 34.3. The van der Waals surface area contributed by atoms with E-state index < -0.39 is 11.9 Å². The predicted octanol–water partition coefficient (Wildman–Crippen LogP) is 6.90. The number of alkyl halides is 3. The number of hydrogen-bond acceptors (Lipinski definition) is 6. The molecule has 0 saturated heterocycles. The van der Waals surface area contributed by atoms with Gasteiger partial charge in [-0.1, -0.05) is 28.7 Å². The lowest BCUT2D eigenvalue weighted by atomic mass is 9.82. The number of amides is 1. The first-order valence-electron chi connectivity index (χ1n) is 12.5. The summed E-state index contributed by atoms with van der Waals surface area (Å²) in [6, 6.07) is 4.06. The van der Waals surface area contributed by atoms with E-state index in [1.165, 1.54) is 6.07 Å². The first-order chi connectivity index (χ1) is 17.0. The van der Waals surface area contributed by atoms with Crippen molar-refractivity contribution in [3.8, 4) is 5.75 Å². The highest BCUT2D eigenvalue weighted by molar-refractivity contribution is 7.59. The monoisotopic (exact) mass is 571 g/mol. The van der Waals surface area contributed by atoms with Gasteiger partial charge in [0, 0.05) is 19.7 Å². The Hall–Kier alpha value is -2.69. The van der Waals surface area contributed by atoms with Gasteiger partial charge in [-0.2, -0.15) is 26.7 Å². The molecule has 11 heteroatoms. The lowest BCUT2D eigenvalue weighted by Crippen LogP contribution is -2.49. The third-order valence-corrected chi connectivity index (χ3v) is 7.18. The van der Waals surface area contributed by atoms with E-state index in [1.807, 2.05) is 38.8 Å². The van der Waals surface area contributed by atoms with Crippen LogP contribution in [-0.4, -0.2) is 42.1 Å². The number of ether oxygens (including phenoxy) is 1. The molecule has 0 spiro atoms. The number of fused-ring (bicyclic) bond motifs is 1. The second kappa shape index (κ2) is 14.1. The minimum atomic E-state index is -4.44. The van der Waals surface area contributed by atoms with E-state index in [2.05, 4.69) is 20.6 Å². The molecule has 1 saturated carbocycles. The van der Waals surface area contributed by atoms with E-state index >= 15 is 0 Å². The van der Waals surface area contributed by atoms with Gasteiger partial charge in [0.1, 0.15) is 23.3 Å². The van der Waals surface area contributed by atoms with Crippen LogP contribution in [0.3, 0.4) is 0 Å². The van der Waals surface area contributed by atoms with Gasteiger partial charge < -0.3 is 20.3 Å². The molecule has 0 bridgehead atoms. The van der Waals surface area contributed by atoms with E-state index in [-0.39, 0.29) is 46.2 Å². The lowest BCUT2D eigenvalue weighted by molar-refractivity contribution is -0.141. The van der Waals surface area contributed by atoms with E-state index in [4.69, 9.17) is 4.74 Å². The number of hydrogen-bond donors (Lipinski definition) is 2. The van der Waals surface area contributed by atoms with Crippen LogP contribution in [0.4, 0.5) is 30.4 Å². The first-order valence-corrected chi connectivity index (χ1v) is 12.5. The average Bonchev–Trinajstić information content (AvgIpc) is 2.82. The van der Waals surface area contributed by atoms with Crippen LogP contribution in [0.2, 0.25) is 0 Å². The zero-order chi connectivity index (χ0) is 26.0. The summed E-state index contributed by atoms with van der Waals surface area (Å²) in [5.74, 6) is 2.23. The maximum Gasteiger partial charge on any atom is 0.433 e. The minimum absolute atomic E-state index is 0. The molecule has 1 fully saturated rings. The van der Waals surface area contributed by atoms with Gasteiger partial charge in [-0.25, -0.2) is 9.97 Å². The van der Waals surface area contributed by atoms with Crippen molar-refractivity contribution in [1.29, 1.82) is 0 Å². The quantitative estimate of drug-likeness (QED) is 0.376. The highest BCUT2D eigenvalue weighted by Crippen LogP contribution is 2.37. The van der Waals surface area contributed by atoms with Gasteiger partial charge in [0.25, 0.3) is 0 Å². The van der Waals surface area contributed by atoms with Crippen molar-refractivity contribution in [3.63, 3.8) is 0 Å². The third kappa shape index (κ3) is 8.16. The van der Waals surface area contributed by atoms with Crippen LogP contribution < -0.4 is 20.3 Å². The summed E-state index contributed by atoms with van der Waals surface area (Å²) < 4.78 is 43.6.